The summed E-state index contributed by atoms with van der Waals surface area (Å²) in [7, 11) is 0. The van der Waals surface area contributed by atoms with Gasteiger partial charge in [0.25, 0.3) is 5.91 Å². The van der Waals surface area contributed by atoms with Crippen molar-refractivity contribution in [3.8, 4) is 0 Å². The molecule has 16 heavy (non-hydrogen) atoms. The Morgan fingerprint density at radius 1 is 1.50 bits per heavy atom. The van der Waals surface area contributed by atoms with Crippen LogP contribution in [0.1, 0.15) is 23.8 Å². The number of carbonyl (C=O) groups is 1. The minimum Gasteiger partial charge on any atom is -0.396 e. The molecule has 88 valence electrons. The molecule has 1 heterocycles. The molecule has 2 N–H and O–H groups in total. The van der Waals surface area contributed by atoms with Crippen molar-refractivity contribution in [2.75, 3.05) is 18.9 Å². The van der Waals surface area contributed by atoms with E-state index < -0.39 is 0 Å². The number of hydrogen-bond acceptors (Lipinski definition) is 5. The fourth-order valence-electron chi connectivity index (χ4n) is 1.01. The molecule has 0 saturated carbocycles. The Morgan fingerprint density at radius 2 is 2.31 bits per heavy atom. The number of nitrogens with one attached hydrogen (secondary N) is 1. The first-order valence-corrected chi connectivity index (χ1v) is 6.12. The Morgan fingerprint density at radius 3 is 2.88 bits per heavy atom. The summed E-state index contributed by atoms with van der Waals surface area (Å²) in [5, 5.41) is 19.8. The average molecular weight is 241 g/mol. The number of amides is 1. The van der Waals surface area contributed by atoms with Gasteiger partial charge in [0.05, 0.1) is 0 Å². The molecule has 0 spiro atoms. The van der Waals surface area contributed by atoms with E-state index in [4.69, 9.17) is 5.11 Å². The zero-order chi connectivity index (χ0) is 11.8. The second kappa shape index (κ2) is 7.19. The second-order valence-corrected chi connectivity index (χ2v) is 4.16. The number of hydrogen-bond donors (Lipinski definition) is 2. The quantitative estimate of drug-likeness (QED) is 0.566. The summed E-state index contributed by atoms with van der Waals surface area (Å²) in [5.41, 5.74) is 0.327. The highest BCUT2D eigenvalue weighted by Gasteiger charge is 2.06. The van der Waals surface area contributed by atoms with Crippen LogP contribution in [-0.2, 0) is 0 Å². The summed E-state index contributed by atoms with van der Waals surface area (Å²) in [5.74, 6) is 0.591. The van der Waals surface area contributed by atoms with E-state index >= 15 is 0 Å². The normalized spacial score (nSPS) is 10.1. The molecule has 0 saturated heterocycles. The van der Waals surface area contributed by atoms with E-state index in [1.165, 1.54) is 11.8 Å². The van der Waals surface area contributed by atoms with Gasteiger partial charge in [-0.25, -0.2) is 0 Å². The van der Waals surface area contributed by atoms with Crippen LogP contribution in [0.15, 0.2) is 17.2 Å². The molecule has 0 aliphatic rings. The molecule has 6 heteroatoms. The van der Waals surface area contributed by atoms with Gasteiger partial charge in [-0.2, -0.15) is 0 Å². The third-order valence-corrected chi connectivity index (χ3v) is 2.77. The van der Waals surface area contributed by atoms with Crippen molar-refractivity contribution in [2.45, 2.75) is 18.4 Å². The van der Waals surface area contributed by atoms with Crippen molar-refractivity contribution >= 4 is 17.7 Å². The van der Waals surface area contributed by atoms with Crippen molar-refractivity contribution in [3.63, 3.8) is 0 Å². The summed E-state index contributed by atoms with van der Waals surface area (Å²) in [6.45, 7) is 2.61. The number of aromatic nitrogens is 2. The maximum absolute atomic E-state index is 11.4. The average Bonchev–Trinajstić information content (AvgIpc) is 2.30. The van der Waals surface area contributed by atoms with E-state index in [-0.39, 0.29) is 12.5 Å². The Kier molecular flexibility index (Phi) is 5.81. The van der Waals surface area contributed by atoms with E-state index in [2.05, 4.69) is 15.5 Å². The molecule has 1 amide bonds. The Hall–Kier alpha value is -1.14. The molecule has 1 rings (SSSR count). The molecular formula is C10H15N3O2S. The van der Waals surface area contributed by atoms with Crippen molar-refractivity contribution < 1.29 is 9.90 Å². The molecule has 0 aromatic carbocycles. The zero-order valence-electron chi connectivity index (χ0n) is 9.14. The molecule has 0 unspecified atom stereocenters. The van der Waals surface area contributed by atoms with Gasteiger partial charge in [0.2, 0.25) is 0 Å². The largest absolute Gasteiger partial charge is 0.396 e. The summed E-state index contributed by atoms with van der Waals surface area (Å²) in [6, 6.07) is 3.42. The van der Waals surface area contributed by atoms with Gasteiger partial charge in [-0.15, -0.1) is 22.0 Å². The van der Waals surface area contributed by atoms with Crippen LogP contribution in [0.4, 0.5) is 0 Å². The predicted octanol–water partition coefficient (Wildman–Crippen LogP) is 0.701. The summed E-state index contributed by atoms with van der Waals surface area (Å²) < 4.78 is 0. The van der Waals surface area contributed by atoms with E-state index in [0.29, 0.717) is 12.2 Å². The molecule has 0 aliphatic carbocycles. The molecule has 1 aromatic rings. The van der Waals surface area contributed by atoms with Crippen LogP contribution in [0.25, 0.3) is 0 Å². The highest BCUT2D eigenvalue weighted by molar-refractivity contribution is 7.99. The number of aliphatic hydroxyl groups excluding tert-OH is 1. The zero-order valence-corrected chi connectivity index (χ0v) is 9.96. The standard InChI is InChI=1S/C10H15N3O2S/c1-2-11-10(15)8-4-5-9(13-12-8)16-7-3-6-14/h4-5,14H,2-3,6-7H2,1H3,(H,11,15). The fourth-order valence-corrected chi connectivity index (χ4v) is 1.76. The first-order valence-electron chi connectivity index (χ1n) is 5.13. The minimum atomic E-state index is -0.207. The maximum Gasteiger partial charge on any atom is 0.271 e. The lowest BCUT2D eigenvalue weighted by atomic mass is 10.4. The van der Waals surface area contributed by atoms with E-state index in [1.54, 1.807) is 12.1 Å². The van der Waals surface area contributed by atoms with Crippen molar-refractivity contribution in [2.24, 2.45) is 0 Å². The van der Waals surface area contributed by atoms with Gasteiger partial charge >= 0.3 is 0 Å². The van der Waals surface area contributed by atoms with Crippen LogP contribution in [0.3, 0.4) is 0 Å². The third kappa shape index (κ3) is 4.16. The Labute approximate surface area is 98.7 Å². The molecular weight excluding hydrogens is 226 g/mol. The van der Waals surface area contributed by atoms with E-state index in [1.807, 2.05) is 6.92 Å². The maximum atomic E-state index is 11.4. The highest BCUT2D eigenvalue weighted by Crippen LogP contribution is 2.14. The first-order chi connectivity index (χ1) is 7.77. The number of nitrogens with zero attached hydrogens (tertiary/aromatic N) is 2. The van der Waals surface area contributed by atoms with E-state index in [9.17, 15) is 4.79 Å². The Bertz CT molecular complexity index is 329. The molecule has 0 fully saturated rings. The number of thioether (sulfide) groups is 1. The van der Waals surface area contributed by atoms with Gasteiger partial charge in [0, 0.05) is 18.9 Å². The first kappa shape index (κ1) is 12.9. The van der Waals surface area contributed by atoms with Crippen molar-refractivity contribution in [1.29, 1.82) is 0 Å². The molecule has 5 nitrogen and oxygen atoms in total. The topological polar surface area (TPSA) is 75.1 Å². The van der Waals surface area contributed by atoms with Crippen molar-refractivity contribution in [3.05, 3.63) is 17.8 Å². The van der Waals surface area contributed by atoms with Crippen LogP contribution < -0.4 is 5.32 Å². The number of aliphatic hydroxyl groups is 1. The fraction of sp³-hybridized carbons (Fsp3) is 0.500. The van der Waals surface area contributed by atoms with Gasteiger partial charge in [0.1, 0.15) is 5.03 Å². The molecule has 0 radical (unpaired) electrons. The number of carbonyl (C=O) groups excluding carboxylic acids is 1. The summed E-state index contributed by atoms with van der Waals surface area (Å²) >= 11 is 1.51. The molecule has 0 aliphatic heterocycles. The number of rotatable bonds is 6. The second-order valence-electron chi connectivity index (χ2n) is 3.04. The van der Waals surface area contributed by atoms with Gasteiger partial charge in [-0.1, -0.05) is 0 Å². The third-order valence-electron chi connectivity index (χ3n) is 1.76. The van der Waals surface area contributed by atoms with Crippen LogP contribution in [0.5, 0.6) is 0 Å². The predicted molar refractivity (Wildman–Crippen MR) is 62.5 cm³/mol. The summed E-state index contributed by atoms with van der Waals surface area (Å²) in [4.78, 5) is 11.4. The lowest BCUT2D eigenvalue weighted by Crippen LogP contribution is -2.23. The van der Waals surface area contributed by atoms with Crippen molar-refractivity contribution in [1.82, 2.24) is 15.5 Å². The smallest absolute Gasteiger partial charge is 0.271 e. The monoisotopic (exact) mass is 241 g/mol. The molecule has 0 atom stereocenters. The van der Waals surface area contributed by atoms with Gasteiger partial charge in [-0.05, 0) is 25.5 Å². The lowest BCUT2D eigenvalue weighted by Gasteiger charge is -2.01. The van der Waals surface area contributed by atoms with Gasteiger partial charge in [-0.3, -0.25) is 4.79 Å². The van der Waals surface area contributed by atoms with Crippen LogP contribution in [0.2, 0.25) is 0 Å². The summed E-state index contributed by atoms with van der Waals surface area (Å²) in [6.07, 6.45) is 0.727. The minimum absolute atomic E-state index is 0.178. The van der Waals surface area contributed by atoms with Gasteiger partial charge < -0.3 is 10.4 Å². The van der Waals surface area contributed by atoms with Crippen LogP contribution >= 0.6 is 11.8 Å². The van der Waals surface area contributed by atoms with E-state index in [0.717, 1.165) is 17.2 Å². The van der Waals surface area contributed by atoms with Crippen LogP contribution in [0, 0.1) is 0 Å². The Balaban J connectivity index is 2.50. The highest BCUT2D eigenvalue weighted by atomic mass is 32.2. The molecule has 0 bridgehead atoms. The molecule has 1 aromatic heterocycles. The van der Waals surface area contributed by atoms with Gasteiger partial charge in [0.15, 0.2) is 5.69 Å². The lowest BCUT2D eigenvalue weighted by molar-refractivity contribution is 0.0949. The van der Waals surface area contributed by atoms with Crippen LogP contribution in [-0.4, -0.2) is 40.1 Å². The SMILES string of the molecule is CCNC(=O)c1ccc(SCCCO)nn1.